The molecule has 0 saturated carbocycles. The molecular weight excluding hydrogens is 1500 g/mol. The molecule has 0 aliphatic rings. The Bertz CT molecular complexity index is 3960. The van der Waals surface area contributed by atoms with Crippen LogP contribution in [0.5, 0.6) is 0 Å². The minimum Gasteiger partial charge on any atom is -0.481 e. The number of hydrogen-bond donors (Lipinski definition) is 3. The lowest BCUT2D eigenvalue weighted by molar-refractivity contribution is -0.155. The monoisotopic (exact) mass is 1570 g/mol. The Kier molecular flexibility index (Phi) is 33.9. The number of pyridine rings is 5. The summed E-state index contributed by atoms with van der Waals surface area (Å²) in [6, 6.07) is 20.8. The molecule has 30 heteroatoms. The normalized spacial score (nSPS) is 11.1. The van der Waals surface area contributed by atoms with Crippen LogP contribution in [0.2, 0.25) is 0 Å². The zero-order valence-electron chi connectivity index (χ0n) is 55.4. The van der Waals surface area contributed by atoms with E-state index in [0.29, 0.717) is 69.4 Å². The predicted molar refractivity (Wildman–Crippen MR) is 385 cm³/mol. The van der Waals surface area contributed by atoms with E-state index in [2.05, 4.69) is 164 Å². The Hall–Kier alpha value is -8.34. The molecule has 0 bridgehead atoms. The first-order chi connectivity index (χ1) is 45.9. The van der Waals surface area contributed by atoms with Crippen LogP contribution >= 0.6 is 75.5 Å². The maximum absolute atomic E-state index is 11.8. The van der Waals surface area contributed by atoms with Gasteiger partial charge in [-0.25, -0.2) is 49.8 Å². The average Bonchev–Trinajstić information content (AvgIpc) is 1.88. The smallest absolute Gasteiger partial charge is 0.306 e. The number of hydrogen-bond acceptors (Lipinski definition) is 23. The number of thioether (sulfide) groups is 1. The van der Waals surface area contributed by atoms with Crippen LogP contribution in [0.15, 0.2) is 159 Å². The van der Waals surface area contributed by atoms with Crippen LogP contribution in [0, 0.1) is 34.0 Å². The van der Waals surface area contributed by atoms with Crippen LogP contribution < -0.4 is 5.32 Å². The lowest BCUT2D eigenvalue weighted by atomic mass is 9.98. The first-order valence-corrected chi connectivity index (χ1v) is 34.4. The summed E-state index contributed by atoms with van der Waals surface area (Å²) in [5, 5.41) is 38.8. The Morgan fingerprint density at radius 2 is 1.07 bits per heavy atom. The lowest BCUT2D eigenvalue weighted by Gasteiger charge is -2.20. The summed E-state index contributed by atoms with van der Waals surface area (Å²) in [6.07, 6.45) is 29.8. The van der Waals surface area contributed by atoms with Gasteiger partial charge in [0.25, 0.3) is 0 Å². The number of likely N-dealkylation sites (N-methyl/N-ethyl adjacent to an activating group) is 1. The number of nitrogens with zero attached hydrogens (tertiary/aromatic N) is 19. The molecule has 0 spiro atoms. The fourth-order valence-corrected chi connectivity index (χ4v) is 9.15. The van der Waals surface area contributed by atoms with Crippen molar-refractivity contribution in [2.75, 3.05) is 27.0 Å². The van der Waals surface area contributed by atoms with Crippen molar-refractivity contribution < 1.29 is 14.3 Å². The summed E-state index contributed by atoms with van der Waals surface area (Å²) in [5.41, 5.74) is 6.95. The zero-order chi connectivity index (χ0) is 70.0. The highest BCUT2D eigenvalue weighted by molar-refractivity contribution is 9.11. The zero-order valence-corrected chi connectivity index (χ0v) is 62.5. The van der Waals surface area contributed by atoms with Crippen molar-refractivity contribution in [3.63, 3.8) is 0 Å². The molecule has 96 heavy (non-hydrogen) atoms. The number of aromatic nitrogens is 18. The molecule has 0 aliphatic heterocycles. The van der Waals surface area contributed by atoms with E-state index < -0.39 is 5.60 Å². The molecule has 2 atom stereocenters. The van der Waals surface area contributed by atoms with Crippen LogP contribution in [-0.2, 0) is 54.7 Å². The summed E-state index contributed by atoms with van der Waals surface area (Å²) in [4.78, 5) is 63.3. The topological polar surface area (TPSA) is 327 Å². The number of halogens is 4. The molecule has 10 rings (SSSR count). The van der Waals surface area contributed by atoms with E-state index >= 15 is 0 Å². The van der Waals surface area contributed by atoms with Gasteiger partial charge in [-0.15, -0.1) is 16.9 Å². The molecule has 0 amide bonds. The molecule has 10 aromatic rings. The molecule has 25 nitrogen and oxygen atoms in total. The van der Waals surface area contributed by atoms with Gasteiger partial charge in [0.05, 0.1) is 36.3 Å². The first kappa shape index (κ1) is 78.4. The molecule has 0 fully saturated rings. The van der Waals surface area contributed by atoms with Crippen molar-refractivity contribution in [3.8, 4) is 40.4 Å². The van der Waals surface area contributed by atoms with Crippen LogP contribution in [0.3, 0.4) is 0 Å². The molecule has 10 heterocycles. The number of carbonyl (C=O) groups is 1. The molecule has 0 aromatic carbocycles. The molecule has 2 unspecified atom stereocenters. The summed E-state index contributed by atoms with van der Waals surface area (Å²) < 4.78 is 18.0. The molecule has 0 radical (unpaired) electrons. The van der Waals surface area contributed by atoms with Crippen molar-refractivity contribution >= 4 is 93.1 Å². The van der Waals surface area contributed by atoms with E-state index in [-0.39, 0.29) is 11.9 Å². The number of aryl methyl sites for hydroxylation is 6. The molecule has 3 N–H and O–H groups in total. The number of esters is 1. The van der Waals surface area contributed by atoms with Crippen LogP contribution in [-0.4, -0.2) is 139 Å². The van der Waals surface area contributed by atoms with E-state index in [1.165, 1.54) is 13.3 Å². The number of nitrogens with one attached hydrogen (secondary N) is 3. The lowest BCUT2D eigenvalue weighted by Crippen LogP contribution is -2.24. The largest absolute Gasteiger partial charge is 0.481 e. The average molecular weight is 1580 g/mol. The van der Waals surface area contributed by atoms with Gasteiger partial charge >= 0.3 is 5.97 Å². The number of ether oxygens (including phenoxy) is 2. The van der Waals surface area contributed by atoms with E-state index in [4.69, 9.17) is 25.6 Å². The Morgan fingerprint density at radius 1 is 0.583 bits per heavy atom. The van der Waals surface area contributed by atoms with Gasteiger partial charge < -0.3 is 20.2 Å². The number of methoxy groups -OCH3 is 1. The Balaban J connectivity index is 0.000000218. The van der Waals surface area contributed by atoms with Crippen molar-refractivity contribution in [1.82, 2.24) is 94.5 Å². The highest BCUT2D eigenvalue weighted by Crippen LogP contribution is 2.21. The third-order valence-corrected chi connectivity index (χ3v) is 15.6. The highest BCUT2D eigenvalue weighted by atomic mass is 79.9. The van der Waals surface area contributed by atoms with Gasteiger partial charge in [0.1, 0.15) is 60.6 Å². The van der Waals surface area contributed by atoms with Crippen LogP contribution in [0.1, 0.15) is 101 Å². The SMILES string of the molecule is CC(CCC(=O)OC(C)(C)C)CCc1ccc(-c2ncn(C)n2)cn1.CNCC(=N)c1ccc(Br)nc1.COC(=N)c1ccc(Br)nc1.CSc1cnc(CCC(C)CCc2ccc(-c3ncn(C)n3)cn2)nc1.Cn1cnc(-c2cnc(Br)cn2)n1.N#Cc1ccc(Br)nc1. The summed E-state index contributed by atoms with van der Waals surface area (Å²) >= 11 is 14.5. The first-order valence-electron chi connectivity index (χ1n) is 30.0. The van der Waals surface area contributed by atoms with Crippen molar-refractivity contribution in [2.24, 2.45) is 33.0 Å². The standard InChI is InChI=1S/C19H24N6S.C19H28N4O2.C8H10BrN3.C7H6BrN5.C7H7BrN2O.C6H3BrN2/c1-14(5-9-18-21-11-17(26-3)12-22-18)4-7-16-8-6-15(10-20-16)19-23-13-25(2)24-19;1-14(7-11-17(24)25-19(2,3)4)6-9-16-10-8-15(12-20-16)18-21-13-23(5)22-18;1-11-5-7(10)6-2-3-8(9)12-4-6;1-13-4-11-7(12-13)5-2-10-6(8)3-9-5;1-11-7(9)5-2-3-6(8)10-4-5;7-6-2-1-5(3-8)4-9-6/h6,8,10-14H,4-5,7,9H2,1-3H3;8,10,12-14H,6-7,9,11H2,1-5H3;2-4,10-11H,5H2,1H3;2-4H,1H3;2-4,9H,1H3;1-2,4H. The molecule has 0 saturated heterocycles. The third-order valence-electron chi connectivity index (χ3n) is 13.1. The maximum atomic E-state index is 11.8. The number of carbonyl (C=O) groups excluding carboxylic acids is 1. The van der Waals surface area contributed by atoms with Crippen LogP contribution in [0.4, 0.5) is 0 Å². The second-order valence-electron chi connectivity index (χ2n) is 22.3. The van der Waals surface area contributed by atoms with Crippen LogP contribution in [0.25, 0.3) is 34.3 Å². The minimum atomic E-state index is -0.408. The highest BCUT2D eigenvalue weighted by Gasteiger charge is 2.17. The van der Waals surface area contributed by atoms with E-state index in [9.17, 15) is 4.79 Å². The van der Waals surface area contributed by atoms with Gasteiger partial charge in [-0.1, -0.05) is 13.8 Å². The van der Waals surface area contributed by atoms with Crippen molar-refractivity contribution in [2.45, 2.75) is 96.5 Å². The number of rotatable bonds is 20. The van der Waals surface area contributed by atoms with Gasteiger partial charge in [-0.05, 0) is 209 Å². The van der Waals surface area contributed by atoms with E-state index in [0.717, 1.165) is 97.6 Å². The Labute approximate surface area is 598 Å². The maximum Gasteiger partial charge on any atom is 0.306 e. The quantitative estimate of drug-likeness (QED) is 0.0210. The second kappa shape index (κ2) is 41.6. The molecule has 10 aromatic heterocycles. The summed E-state index contributed by atoms with van der Waals surface area (Å²) in [6.45, 7) is 10.7. The van der Waals surface area contributed by atoms with Gasteiger partial charge in [-0.2, -0.15) is 15.5 Å². The number of nitriles is 1. The van der Waals surface area contributed by atoms with Crippen molar-refractivity contribution in [3.05, 3.63) is 188 Å². The summed E-state index contributed by atoms with van der Waals surface area (Å²) in [7, 11) is 8.80. The van der Waals surface area contributed by atoms with Gasteiger partial charge in [0, 0.05) is 117 Å². The molecular formula is C66H78Br4N22O3S. The van der Waals surface area contributed by atoms with E-state index in [1.54, 1.807) is 93.8 Å². The minimum absolute atomic E-state index is 0.121. The predicted octanol–water partition coefficient (Wildman–Crippen LogP) is 13.2. The van der Waals surface area contributed by atoms with Gasteiger partial charge in [0.15, 0.2) is 11.6 Å². The van der Waals surface area contributed by atoms with E-state index in [1.807, 2.05) is 116 Å². The Morgan fingerprint density at radius 3 is 1.48 bits per heavy atom. The fourth-order valence-electron chi connectivity index (χ4n) is 7.93. The second-order valence-corrected chi connectivity index (χ2v) is 26.4. The van der Waals surface area contributed by atoms with Crippen molar-refractivity contribution in [1.29, 1.82) is 16.1 Å². The van der Waals surface area contributed by atoms with Gasteiger partial charge in [-0.3, -0.25) is 34.2 Å². The molecule has 504 valence electrons. The van der Waals surface area contributed by atoms with Gasteiger partial charge in [0.2, 0.25) is 11.7 Å². The third kappa shape index (κ3) is 30.2. The summed E-state index contributed by atoms with van der Waals surface area (Å²) in [5.74, 6) is 3.99. The fraction of sp³-hybridized carbons (Fsp3) is 0.348. The molecule has 0 aliphatic carbocycles.